The van der Waals surface area contributed by atoms with Crippen LogP contribution < -0.4 is 15.4 Å². The molecule has 0 aliphatic heterocycles. The third kappa shape index (κ3) is 14.9. The van der Waals surface area contributed by atoms with Crippen molar-refractivity contribution in [2.45, 2.75) is 65.8 Å². The van der Waals surface area contributed by atoms with Crippen molar-refractivity contribution in [3.05, 3.63) is 124 Å². The van der Waals surface area contributed by atoms with Gasteiger partial charge in [-0.25, -0.2) is 9.59 Å². The number of nitrogens with one attached hydrogen (secondary N) is 2. The molecule has 0 aliphatic rings. The van der Waals surface area contributed by atoms with Crippen LogP contribution in [0.4, 0.5) is 9.59 Å². The molecule has 56 heavy (non-hydrogen) atoms. The lowest BCUT2D eigenvalue weighted by molar-refractivity contribution is 0.0512. The van der Waals surface area contributed by atoms with Crippen LogP contribution in [-0.4, -0.2) is 60.5 Å². The van der Waals surface area contributed by atoms with Crippen molar-refractivity contribution in [1.29, 1.82) is 0 Å². The minimum Gasteiger partial charge on any atom is -0.444 e. The van der Waals surface area contributed by atoms with E-state index in [1.54, 1.807) is 75.2 Å². The maximum absolute atomic E-state index is 11.8. The Labute approximate surface area is 343 Å². The van der Waals surface area contributed by atoms with Crippen LogP contribution in [0.3, 0.4) is 0 Å². The molecule has 6 rings (SSSR count). The minimum absolute atomic E-state index is 0.312. The van der Waals surface area contributed by atoms with E-state index in [2.05, 4.69) is 46.5 Å². The average molecular weight is 860 g/mol. The summed E-state index contributed by atoms with van der Waals surface area (Å²) in [5, 5.41) is 23.2. The number of nitrogens with zero attached hydrogens (tertiary/aromatic N) is 4. The van der Waals surface area contributed by atoms with E-state index in [0.29, 0.717) is 17.9 Å². The van der Waals surface area contributed by atoms with Crippen molar-refractivity contribution < 1.29 is 29.1 Å². The third-order valence-electron chi connectivity index (χ3n) is 7.01. The summed E-state index contributed by atoms with van der Waals surface area (Å²) in [7, 11) is -1.46. The second kappa shape index (κ2) is 20.8. The first-order valence-electron chi connectivity index (χ1n) is 17.4. The summed E-state index contributed by atoms with van der Waals surface area (Å²) in [6.45, 7) is 11.6. The molecule has 0 radical (unpaired) electrons. The fraction of sp³-hybridized carbons (Fsp3) is 0.250. The number of amides is 2. The van der Waals surface area contributed by atoms with E-state index in [4.69, 9.17) is 19.5 Å². The lowest BCUT2D eigenvalue weighted by Gasteiger charge is -2.19. The lowest BCUT2D eigenvalue weighted by Crippen LogP contribution is -2.32. The van der Waals surface area contributed by atoms with Crippen LogP contribution >= 0.6 is 38.6 Å². The number of alkyl carbamates (subject to hydrolysis) is 2. The fourth-order valence-corrected chi connectivity index (χ4v) is 6.96. The Hall–Kier alpha value is -5.00. The first-order valence-corrected chi connectivity index (χ1v) is 19.8. The number of thiophene rings is 2. The van der Waals surface area contributed by atoms with E-state index >= 15 is 0 Å². The van der Waals surface area contributed by atoms with Gasteiger partial charge in [0.25, 0.3) is 0 Å². The number of rotatable bonds is 8. The number of aromatic nitrogens is 4. The van der Waals surface area contributed by atoms with Gasteiger partial charge in [0.1, 0.15) is 11.2 Å². The molecule has 4 N–H and O–H groups in total. The van der Waals surface area contributed by atoms with Gasteiger partial charge >= 0.3 is 19.3 Å². The Bertz CT molecular complexity index is 2140. The van der Waals surface area contributed by atoms with E-state index < -0.39 is 30.5 Å². The van der Waals surface area contributed by atoms with Crippen molar-refractivity contribution in [3.63, 3.8) is 0 Å². The van der Waals surface area contributed by atoms with Crippen LogP contribution in [0.15, 0.2) is 115 Å². The Morgan fingerprint density at radius 3 is 1.64 bits per heavy atom. The number of hydrogen-bond donors (Lipinski definition) is 4. The van der Waals surface area contributed by atoms with Gasteiger partial charge in [0.05, 0.1) is 13.1 Å². The number of ether oxygens (including phenoxy) is 2. The summed E-state index contributed by atoms with van der Waals surface area (Å²) in [6.07, 6.45) is 13.5. The van der Waals surface area contributed by atoms with E-state index in [-0.39, 0.29) is 0 Å². The van der Waals surface area contributed by atoms with Crippen LogP contribution in [0.25, 0.3) is 32.7 Å². The van der Waals surface area contributed by atoms with Crippen LogP contribution in [-0.2, 0) is 22.6 Å². The van der Waals surface area contributed by atoms with Gasteiger partial charge in [0.15, 0.2) is 0 Å². The molecule has 16 heteroatoms. The number of halogens is 1. The maximum atomic E-state index is 11.8. The highest BCUT2D eigenvalue weighted by Gasteiger charge is 2.18. The molecule has 0 aliphatic carbocycles. The van der Waals surface area contributed by atoms with Gasteiger partial charge in [-0.2, -0.15) is 0 Å². The molecule has 0 saturated carbocycles. The van der Waals surface area contributed by atoms with Gasteiger partial charge in [0, 0.05) is 95.7 Å². The molecule has 6 aromatic heterocycles. The second-order valence-electron chi connectivity index (χ2n) is 13.9. The molecule has 0 bridgehead atoms. The van der Waals surface area contributed by atoms with Crippen LogP contribution in [0.5, 0.6) is 0 Å². The SMILES string of the molecule is Brc1cnccc1-c1cccnc1.CC(C)(C)OC(=O)NCc1ccc(-c2cnccc2-c2cccnc2)s1.CC(C)(C)OC(=O)NCc1ccc(B(O)O)s1. The smallest absolute Gasteiger partial charge is 0.444 e. The summed E-state index contributed by atoms with van der Waals surface area (Å²) in [4.78, 5) is 42.7. The zero-order valence-corrected chi connectivity index (χ0v) is 35.1. The Kier molecular flexibility index (Phi) is 16.2. The first kappa shape index (κ1) is 43.7. The average Bonchev–Trinajstić information content (AvgIpc) is 3.84. The highest BCUT2D eigenvalue weighted by molar-refractivity contribution is 9.10. The molecular weight excluding hydrogens is 815 g/mol. The molecule has 0 fully saturated rings. The molecular formula is C40H44BBrN6O6S2. The molecule has 0 atom stereocenters. The topological polar surface area (TPSA) is 169 Å². The Balaban J connectivity index is 0.000000200. The van der Waals surface area contributed by atoms with Crippen molar-refractivity contribution in [3.8, 4) is 32.7 Å². The molecule has 6 aromatic rings. The monoisotopic (exact) mass is 858 g/mol. The standard InChI is InChI=1S/C20H21N3O2S.C10H16BNO4S.C10H7BrN2/c1-20(2,3)25-19(24)23-12-15-6-7-18(26-15)17-13-22-10-8-16(17)14-5-4-9-21-11-14;1-10(2,3)16-9(13)12-6-7-4-5-8(17-7)11(14)15;11-10-7-13-5-3-9(10)8-2-1-4-12-6-8/h4-11,13H,12H2,1-3H3,(H,23,24);4-5,14-15H,6H2,1-3H3,(H,12,13);1-7H. The van der Waals surface area contributed by atoms with Crippen molar-refractivity contribution >= 4 is 62.7 Å². The minimum atomic E-state index is -1.46. The molecule has 0 aromatic carbocycles. The molecule has 12 nitrogen and oxygen atoms in total. The number of carbonyl (C=O) groups is 2. The molecule has 2 amide bonds. The van der Waals surface area contributed by atoms with Gasteiger partial charge in [-0.1, -0.05) is 18.2 Å². The summed E-state index contributed by atoms with van der Waals surface area (Å²) < 4.78 is 11.8. The maximum Gasteiger partial charge on any atom is 0.499 e. The van der Waals surface area contributed by atoms with Gasteiger partial charge in [-0.3, -0.25) is 19.9 Å². The van der Waals surface area contributed by atoms with Crippen LogP contribution in [0.2, 0.25) is 0 Å². The summed E-state index contributed by atoms with van der Waals surface area (Å²) in [5.41, 5.74) is 4.37. The predicted molar refractivity (Wildman–Crippen MR) is 226 cm³/mol. The van der Waals surface area contributed by atoms with E-state index in [1.807, 2.05) is 87.9 Å². The predicted octanol–water partition coefficient (Wildman–Crippen LogP) is 8.26. The Morgan fingerprint density at radius 1 is 0.643 bits per heavy atom. The fourth-order valence-electron chi connectivity index (χ4n) is 4.69. The third-order valence-corrected chi connectivity index (χ3v) is 9.89. The molecule has 0 saturated heterocycles. The lowest BCUT2D eigenvalue weighted by atomic mass is 9.90. The molecule has 6 heterocycles. The van der Waals surface area contributed by atoms with Gasteiger partial charge in [-0.15, -0.1) is 22.7 Å². The zero-order chi connectivity index (χ0) is 40.7. The first-order chi connectivity index (χ1) is 26.6. The summed E-state index contributed by atoms with van der Waals surface area (Å²) in [6, 6.07) is 19.2. The highest BCUT2D eigenvalue weighted by atomic mass is 79.9. The van der Waals surface area contributed by atoms with Gasteiger partial charge in [0.2, 0.25) is 0 Å². The van der Waals surface area contributed by atoms with E-state index in [9.17, 15) is 9.59 Å². The van der Waals surface area contributed by atoms with Gasteiger partial charge < -0.3 is 30.2 Å². The quantitative estimate of drug-likeness (QED) is 0.109. The molecule has 0 spiro atoms. The Morgan fingerprint density at radius 2 is 1.14 bits per heavy atom. The normalized spacial score (nSPS) is 10.9. The van der Waals surface area contributed by atoms with Gasteiger partial charge in [-0.05, 0) is 106 Å². The number of carbonyl (C=O) groups excluding carboxylic acids is 2. The van der Waals surface area contributed by atoms with Crippen molar-refractivity contribution in [1.82, 2.24) is 30.6 Å². The zero-order valence-electron chi connectivity index (χ0n) is 31.9. The summed E-state index contributed by atoms with van der Waals surface area (Å²) in [5.74, 6) is 0. The highest BCUT2D eigenvalue weighted by Crippen LogP contribution is 2.35. The van der Waals surface area contributed by atoms with Crippen LogP contribution in [0, 0.1) is 0 Å². The second-order valence-corrected chi connectivity index (χ2v) is 17.1. The largest absolute Gasteiger partial charge is 0.499 e. The van der Waals surface area contributed by atoms with E-state index in [1.165, 1.54) is 11.3 Å². The number of pyridine rings is 4. The molecule has 292 valence electrons. The van der Waals surface area contributed by atoms with Crippen molar-refractivity contribution in [2.75, 3.05) is 0 Å². The van der Waals surface area contributed by atoms with Crippen molar-refractivity contribution in [2.24, 2.45) is 0 Å². The molecule has 0 unspecified atom stereocenters. The van der Waals surface area contributed by atoms with Crippen LogP contribution in [0.1, 0.15) is 51.3 Å². The summed E-state index contributed by atoms with van der Waals surface area (Å²) >= 11 is 6.30. The van der Waals surface area contributed by atoms with E-state index in [0.717, 1.165) is 46.9 Å². The number of hydrogen-bond acceptors (Lipinski definition) is 12.